The second kappa shape index (κ2) is 5.24. The van der Waals surface area contributed by atoms with Crippen LogP contribution >= 0.6 is 0 Å². The van der Waals surface area contributed by atoms with Crippen molar-refractivity contribution in [3.05, 3.63) is 33.7 Å². The number of carbonyl (C=O) groups excluding carboxylic acids is 1. The molecule has 0 amide bonds. The van der Waals surface area contributed by atoms with Crippen molar-refractivity contribution in [2.24, 2.45) is 0 Å². The number of fused-ring (bicyclic) bond motifs is 1. The summed E-state index contributed by atoms with van der Waals surface area (Å²) in [5, 5.41) is 0.180. The topological polar surface area (TPSA) is 75.0 Å². The van der Waals surface area contributed by atoms with Gasteiger partial charge in [0.1, 0.15) is 28.0 Å². The molecule has 1 heterocycles. The molecule has 0 fully saturated rings. The van der Waals surface area contributed by atoms with Crippen molar-refractivity contribution in [2.75, 3.05) is 21.3 Å². The third kappa shape index (κ3) is 2.09. The Hall–Kier alpha value is -2.50. The van der Waals surface area contributed by atoms with E-state index in [1.807, 2.05) is 0 Å². The molecule has 6 nitrogen and oxygen atoms in total. The first kappa shape index (κ1) is 13.9. The quantitative estimate of drug-likeness (QED) is 0.798. The summed E-state index contributed by atoms with van der Waals surface area (Å²) < 4.78 is 20.5. The van der Waals surface area contributed by atoms with E-state index in [4.69, 9.17) is 18.6 Å². The smallest absolute Gasteiger partial charge is 0.345 e. The van der Waals surface area contributed by atoms with E-state index >= 15 is 0 Å². The van der Waals surface area contributed by atoms with E-state index in [2.05, 4.69) is 0 Å². The lowest BCUT2D eigenvalue weighted by atomic mass is 10.1. The van der Waals surface area contributed by atoms with Gasteiger partial charge in [-0.25, -0.2) is 4.79 Å². The second-order valence-corrected chi connectivity index (χ2v) is 4.07. The molecule has 6 heteroatoms. The minimum absolute atomic E-state index is 0.0566. The number of aryl methyl sites for hydroxylation is 1. The highest BCUT2D eigenvalue weighted by molar-refractivity contribution is 6.02. The molecule has 0 aliphatic rings. The average molecular weight is 278 g/mol. The highest BCUT2D eigenvalue weighted by atomic mass is 16.5. The molecule has 0 spiro atoms. The fraction of sp³-hybridized carbons (Fsp3) is 0.286. The summed E-state index contributed by atoms with van der Waals surface area (Å²) in [6.07, 6.45) is 0. The molecule has 1 aromatic carbocycles. The van der Waals surface area contributed by atoms with Crippen molar-refractivity contribution in [2.45, 2.75) is 6.92 Å². The third-order valence-corrected chi connectivity index (χ3v) is 2.87. The van der Waals surface area contributed by atoms with Gasteiger partial charge >= 0.3 is 5.97 Å². The van der Waals surface area contributed by atoms with E-state index in [0.29, 0.717) is 5.76 Å². The summed E-state index contributed by atoms with van der Waals surface area (Å²) in [6, 6.07) is 2.80. The Kier molecular flexibility index (Phi) is 3.65. The normalized spacial score (nSPS) is 10.4. The molecule has 0 aliphatic carbocycles. The Balaban J connectivity index is 2.98. The van der Waals surface area contributed by atoms with Crippen LogP contribution in [0.4, 0.5) is 0 Å². The standard InChI is InChI=1S/C14H14O6/c1-7-5-8(15)11-10(20-7)6-9(17-2)12(13(11)18-3)14(16)19-4/h5-6H,1-4H3. The third-order valence-electron chi connectivity index (χ3n) is 2.87. The van der Waals surface area contributed by atoms with E-state index in [1.54, 1.807) is 6.92 Å². The Morgan fingerprint density at radius 3 is 2.40 bits per heavy atom. The number of rotatable bonds is 3. The van der Waals surface area contributed by atoms with Crippen LogP contribution in [-0.2, 0) is 4.74 Å². The maximum absolute atomic E-state index is 12.1. The van der Waals surface area contributed by atoms with Crippen molar-refractivity contribution in [1.82, 2.24) is 0 Å². The average Bonchev–Trinajstić information content (AvgIpc) is 2.43. The second-order valence-electron chi connectivity index (χ2n) is 4.07. The molecule has 0 atom stereocenters. The summed E-state index contributed by atoms with van der Waals surface area (Å²) in [6.45, 7) is 1.66. The predicted molar refractivity (Wildman–Crippen MR) is 71.7 cm³/mol. The highest BCUT2D eigenvalue weighted by Crippen LogP contribution is 2.36. The summed E-state index contributed by atoms with van der Waals surface area (Å²) in [5.41, 5.74) is 0.0471. The van der Waals surface area contributed by atoms with Gasteiger partial charge in [-0.1, -0.05) is 0 Å². The van der Waals surface area contributed by atoms with Gasteiger partial charge in [0.15, 0.2) is 11.2 Å². The van der Waals surface area contributed by atoms with Crippen LogP contribution in [0.25, 0.3) is 11.0 Å². The molecular weight excluding hydrogens is 264 g/mol. The van der Waals surface area contributed by atoms with E-state index in [0.717, 1.165) is 0 Å². The van der Waals surface area contributed by atoms with Crippen molar-refractivity contribution in [3.63, 3.8) is 0 Å². The lowest BCUT2D eigenvalue weighted by molar-refractivity contribution is 0.0593. The van der Waals surface area contributed by atoms with Gasteiger partial charge in [0.2, 0.25) is 0 Å². The molecule has 0 aliphatic heterocycles. The van der Waals surface area contributed by atoms with E-state index in [9.17, 15) is 9.59 Å². The Morgan fingerprint density at radius 1 is 1.15 bits per heavy atom. The first-order valence-corrected chi connectivity index (χ1v) is 5.81. The molecule has 0 unspecified atom stereocenters. The minimum atomic E-state index is -0.652. The van der Waals surface area contributed by atoms with Gasteiger partial charge in [-0.15, -0.1) is 0 Å². The zero-order valence-electron chi connectivity index (χ0n) is 11.6. The predicted octanol–water partition coefficient (Wildman–Crippen LogP) is 1.91. The molecule has 0 N–H and O–H groups in total. The number of hydrogen-bond acceptors (Lipinski definition) is 6. The van der Waals surface area contributed by atoms with Crippen LogP contribution in [0, 0.1) is 6.92 Å². The first-order valence-electron chi connectivity index (χ1n) is 5.81. The van der Waals surface area contributed by atoms with E-state index < -0.39 is 5.97 Å². The van der Waals surface area contributed by atoms with Gasteiger partial charge in [-0.3, -0.25) is 4.79 Å². The van der Waals surface area contributed by atoms with E-state index in [1.165, 1.54) is 33.5 Å². The molecule has 0 bridgehead atoms. The molecule has 20 heavy (non-hydrogen) atoms. The molecule has 106 valence electrons. The van der Waals surface area contributed by atoms with Gasteiger partial charge in [-0.2, -0.15) is 0 Å². The Bertz CT molecular complexity index is 729. The molecule has 2 aromatic rings. The Labute approximate surface area is 114 Å². The van der Waals surface area contributed by atoms with Gasteiger partial charge in [0.05, 0.1) is 21.3 Å². The number of methoxy groups -OCH3 is 3. The lowest BCUT2D eigenvalue weighted by Gasteiger charge is -2.13. The molecule has 2 rings (SSSR count). The summed E-state index contributed by atoms with van der Waals surface area (Å²) >= 11 is 0. The van der Waals surface area contributed by atoms with Gasteiger partial charge < -0.3 is 18.6 Å². The van der Waals surface area contributed by atoms with Crippen molar-refractivity contribution < 1.29 is 23.4 Å². The number of ether oxygens (including phenoxy) is 3. The van der Waals surface area contributed by atoms with Crippen LogP contribution in [0.1, 0.15) is 16.1 Å². The van der Waals surface area contributed by atoms with Gasteiger partial charge in [0, 0.05) is 12.1 Å². The van der Waals surface area contributed by atoms with Crippen molar-refractivity contribution in [1.29, 1.82) is 0 Å². The maximum atomic E-state index is 12.1. The largest absolute Gasteiger partial charge is 0.496 e. The molecule has 0 radical (unpaired) electrons. The fourth-order valence-electron chi connectivity index (χ4n) is 2.05. The maximum Gasteiger partial charge on any atom is 0.345 e. The minimum Gasteiger partial charge on any atom is -0.496 e. The summed E-state index contributed by atoms with van der Waals surface area (Å²) in [7, 11) is 4.00. The number of benzene rings is 1. The number of hydrogen-bond donors (Lipinski definition) is 0. The zero-order valence-corrected chi connectivity index (χ0v) is 11.6. The first-order chi connectivity index (χ1) is 9.53. The monoisotopic (exact) mass is 278 g/mol. The lowest BCUT2D eigenvalue weighted by Crippen LogP contribution is -2.11. The summed E-state index contributed by atoms with van der Waals surface area (Å²) in [4.78, 5) is 24.0. The fourth-order valence-corrected chi connectivity index (χ4v) is 2.05. The van der Waals surface area contributed by atoms with Crippen LogP contribution in [0.15, 0.2) is 21.3 Å². The summed E-state index contributed by atoms with van der Waals surface area (Å²) in [5.74, 6) is 0.105. The van der Waals surface area contributed by atoms with Gasteiger partial charge in [0.25, 0.3) is 0 Å². The van der Waals surface area contributed by atoms with E-state index in [-0.39, 0.29) is 33.5 Å². The highest BCUT2D eigenvalue weighted by Gasteiger charge is 2.24. The molecule has 0 saturated carbocycles. The Morgan fingerprint density at radius 2 is 1.85 bits per heavy atom. The molecule has 1 aromatic heterocycles. The van der Waals surface area contributed by atoms with Crippen LogP contribution < -0.4 is 14.9 Å². The van der Waals surface area contributed by atoms with Crippen molar-refractivity contribution in [3.8, 4) is 11.5 Å². The van der Waals surface area contributed by atoms with Crippen LogP contribution in [-0.4, -0.2) is 27.3 Å². The zero-order chi connectivity index (χ0) is 14.9. The molecule has 0 saturated heterocycles. The SMILES string of the molecule is COC(=O)c1c(OC)cc2oc(C)cc(=O)c2c1OC. The van der Waals surface area contributed by atoms with Crippen molar-refractivity contribution >= 4 is 16.9 Å². The number of esters is 1. The molecular formula is C14H14O6. The number of carbonyl (C=O) groups is 1. The van der Waals surface area contributed by atoms with Crippen LogP contribution in [0.3, 0.4) is 0 Å². The van der Waals surface area contributed by atoms with Crippen LogP contribution in [0.5, 0.6) is 11.5 Å². The van der Waals surface area contributed by atoms with Crippen LogP contribution in [0.2, 0.25) is 0 Å². The van der Waals surface area contributed by atoms with Gasteiger partial charge in [-0.05, 0) is 6.92 Å².